The van der Waals surface area contributed by atoms with Gasteiger partial charge in [-0.05, 0) is 38.5 Å². The lowest BCUT2D eigenvalue weighted by Gasteiger charge is -2.25. The van der Waals surface area contributed by atoms with Crippen molar-refractivity contribution in [3.8, 4) is 0 Å². The average molecular weight is 315 g/mol. The Morgan fingerprint density at radius 1 is 1.43 bits per heavy atom. The minimum atomic E-state index is -3.99. The summed E-state index contributed by atoms with van der Waals surface area (Å²) in [7, 11) is -3.99. The Balaban J connectivity index is 2.93. The van der Waals surface area contributed by atoms with Gasteiger partial charge >= 0.3 is 16.3 Å². The third-order valence-electron chi connectivity index (χ3n) is 2.66. The van der Waals surface area contributed by atoms with Crippen molar-refractivity contribution in [3.63, 3.8) is 0 Å². The number of hydrogen-bond donors (Lipinski definition) is 2. The fraction of sp³-hybridized carbons (Fsp3) is 0.462. The van der Waals surface area contributed by atoms with Gasteiger partial charge in [0.15, 0.2) is 0 Å². The highest BCUT2D eigenvalue weighted by atomic mass is 32.2. The summed E-state index contributed by atoms with van der Waals surface area (Å²) in [5.74, 6) is 0. The molecular weight excluding hydrogens is 294 g/mol. The topological polar surface area (TPSA) is 102 Å². The van der Waals surface area contributed by atoms with Gasteiger partial charge < -0.3 is 10.5 Å². The van der Waals surface area contributed by atoms with Gasteiger partial charge in [0.2, 0.25) is 0 Å². The van der Waals surface area contributed by atoms with E-state index >= 15 is 0 Å². The van der Waals surface area contributed by atoms with Crippen LogP contribution in [0.1, 0.15) is 26.3 Å². The Morgan fingerprint density at radius 2 is 2.10 bits per heavy atom. The number of rotatable bonds is 6. The van der Waals surface area contributed by atoms with E-state index in [9.17, 15) is 13.2 Å². The highest BCUT2D eigenvalue weighted by molar-refractivity contribution is 7.87. The summed E-state index contributed by atoms with van der Waals surface area (Å²) in [5.41, 5.74) is 6.96. The SMILES string of the molecule is CCOC(=O)NS(=O)(=O)N(Cc1cccc(N)c1)C(C)C. The molecule has 0 spiro atoms. The second-order valence-electron chi connectivity index (χ2n) is 4.71. The third kappa shape index (κ3) is 5.24. The standard InChI is InChI=1S/C13H21N3O4S/c1-4-20-13(17)15-21(18,19)16(10(2)3)9-11-6-5-7-12(14)8-11/h5-8,10H,4,9,14H2,1-3H3,(H,15,17). The van der Waals surface area contributed by atoms with Crippen LogP contribution in [0, 0.1) is 0 Å². The van der Waals surface area contributed by atoms with Gasteiger partial charge in [-0.25, -0.2) is 9.52 Å². The molecule has 1 rings (SSSR count). The number of nitrogens with one attached hydrogen (secondary N) is 1. The molecule has 0 aliphatic heterocycles. The number of carbonyl (C=O) groups is 1. The van der Waals surface area contributed by atoms with Crippen LogP contribution in [0.25, 0.3) is 0 Å². The van der Waals surface area contributed by atoms with Gasteiger partial charge in [-0.3, -0.25) is 0 Å². The first kappa shape index (κ1) is 17.3. The number of anilines is 1. The van der Waals surface area contributed by atoms with Crippen LogP contribution >= 0.6 is 0 Å². The number of nitrogens with two attached hydrogens (primary N) is 1. The van der Waals surface area contributed by atoms with Gasteiger partial charge in [-0.1, -0.05) is 12.1 Å². The largest absolute Gasteiger partial charge is 0.449 e. The molecule has 3 N–H and O–H groups in total. The van der Waals surface area contributed by atoms with E-state index in [1.165, 1.54) is 4.31 Å². The van der Waals surface area contributed by atoms with E-state index in [-0.39, 0.29) is 19.2 Å². The first-order valence-corrected chi connectivity index (χ1v) is 8.01. The van der Waals surface area contributed by atoms with Crippen LogP contribution in [0.3, 0.4) is 0 Å². The first-order valence-electron chi connectivity index (χ1n) is 6.57. The number of nitrogens with zero attached hydrogens (tertiary/aromatic N) is 1. The molecule has 0 bridgehead atoms. The van der Waals surface area contributed by atoms with Crippen molar-refractivity contribution < 1.29 is 17.9 Å². The predicted octanol–water partition coefficient (Wildman–Crippen LogP) is 1.47. The van der Waals surface area contributed by atoms with Crippen molar-refractivity contribution in [2.45, 2.75) is 33.4 Å². The van der Waals surface area contributed by atoms with Gasteiger partial charge in [0.25, 0.3) is 0 Å². The highest BCUT2D eigenvalue weighted by Gasteiger charge is 2.27. The summed E-state index contributed by atoms with van der Waals surface area (Å²) >= 11 is 0. The number of ether oxygens (including phenoxy) is 1. The molecule has 21 heavy (non-hydrogen) atoms. The zero-order chi connectivity index (χ0) is 16.0. The summed E-state index contributed by atoms with van der Waals surface area (Å²) in [6.07, 6.45) is -0.990. The fourth-order valence-electron chi connectivity index (χ4n) is 1.74. The zero-order valence-corrected chi connectivity index (χ0v) is 13.2. The molecule has 118 valence electrons. The van der Waals surface area contributed by atoms with Crippen molar-refractivity contribution in [1.29, 1.82) is 0 Å². The van der Waals surface area contributed by atoms with E-state index in [4.69, 9.17) is 5.73 Å². The Labute approximate surface area is 125 Å². The average Bonchev–Trinajstić information content (AvgIpc) is 2.35. The van der Waals surface area contributed by atoms with Crippen LogP contribution in [0.15, 0.2) is 24.3 Å². The predicted molar refractivity (Wildman–Crippen MR) is 80.6 cm³/mol. The van der Waals surface area contributed by atoms with Crippen LogP contribution in [0.5, 0.6) is 0 Å². The third-order valence-corrected chi connectivity index (χ3v) is 4.25. The molecule has 1 aromatic carbocycles. The van der Waals surface area contributed by atoms with Crippen molar-refractivity contribution in [2.75, 3.05) is 12.3 Å². The van der Waals surface area contributed by atoms with Crippen LogP contribution in [-0.2, 0) is 21.5 Å². The van der Waals surface area contributed by atoms with Gasteiger partial charge in [0.05, 0.1) is 6.61 Å². The lowest BCUT2D eigenvalue weighted by Crippen LogP contribution is -2.46. The van der Waals surface area contributed by atoms with Crippen molar-refractivity contribution >= 4 is 22.0 Å². The minimum Gasteiger partial charge on any atom is -0.449 e. The first-order chi connectivity index (χ1) is 9.76. The Morgan fingerprint density at radius 3 is 2.62 bits per heavy atom. The molecule has 0 aliphatic carbocycles. The number of benzene rings is 1. The van der Waals surface area contributed by atoms with Gasteiger partial charge in [-0.15, -0.1) is 0 Å². The molecule has 0 unspecified atom stereocenters. The van der Waals surface area contributed by atoms with E-state index in [1.807, 2.05) is 4.72 Å². The summed E-state index contributed by atoms with van der Waals surface area (Å²) in [6, 6.07) is 6.59. The van der Waals surface area contributed by atoms with E-state index < -0.39 is 16.3 Å². The molecule has 1 aromatic rings. The molecule has 0 atom stereocenters. The molecular formula is C13H21N3O4S. The van der Waals surface area contributed by atoms with Crippen LogP contribution < -0.4 is 10.5 Å². The molecule has 1 amide bonds. The Hall–Kier alpha value is -1.80. The lowest BCUT2D eigenvalue weighted by molar-refractivity contribution is 0.157. The second-order valence-corrected chi connectivity index (χ2v) is 6.33. The smallest absolute Gasteiger partial charge is 0.421 e. The van der Waals surface area contributed by atoms with Gasteiger partial charge in [0, 0.05) is 18.3 Å². The van der Waals surface area contributed by atoms with Crippen molar-refractivity contribution in [2.24, 2.45) is 0 Å². The zero-order valence-electron chi connectivity index (χ0n) is 12.4. The second kappa shape index (κ2) is 7.28. The number of carbonyl (C=O) groups excluding carboxylic acids is 1. The van der Waals surface area contributed by atoms with Gasteiger partial charge in [-0.2, -0.15) is 12.7 Å². The summed E-state index contributed by atoms with van der Waals surface area (Å²) in [5, 5.41) is 0. The maximum atomic E-state index is 12.2. The number of nitrogen functional groups attached to an aromatic ring is 1. The monoisotopic (exact) mass is 315 g/mol. The molecule has 0 saturated carbocycles. The maximum absolute atomic E-state index is 12.2. The maximum Gasteiger partial charge on any atom is 0.421 e. The van der Waals surface area contributed by atoms with E-state index in [0.717, 1.165) is 5.56 Å². The molecule has 0 radical (unpaired) electrons. The van der Waals surface area contributed by atoms with Gasteiger partial charge in [0.1, 0.15) is 0 Å². The summed E-state index contributed by atoms with van der Waals surface area (Å²) in [6.45, 7) is 5.24. The van der Waals surface area contributed by atoms with Crippen LogP contribution in [0.4, 0.5) is 10.5 Å². The minimum absolute atomic E-state index is 0.0955. The molecule has 0 heterocycles. The van der Waals surface area contributed by atoms with Crippen molar-refractivity contribution in [3.05, 3.63) is 29.8 Å². The molecule has 0 aromatic heterocycles. The van der Waals surface area contributed by atoms with E-state index in [0.29, 0.717) is 5.69 Å². The van der Waals surface area contributed by atoms with Crippen LogP contribution in [0.2, 0.25) is 0 Å². The normalized spacial score (nSPS) is 11.7. The molecule has 8 heteroatoms. The quantitative estimate of drug-likeness (QED) is 0.774. The summed E-state index contributed by atoms with van der Waals surface area (Å²) in [4.78, 5) is 11.3. The van der Waals surface area contributed by atoms with Crippen molar-refractivity contribution in [1.82, 2.24) is 9.03 Å². The number of amides is 1. The van der Waals surface area contributed by atoms with E-state index in [1.54, 1.807) is 45.0 Å². The number of hydrogen-bond acceptors (Lipinski definition) is 5. The van der Waals surface area contributed by atoms with E-state index in [2.05, 4.69) is 4.74 Å². The molecule has 7 nitrogen and oxygen atoms in total. The molecule has 0 fully saturated rings. The van der Waals surface area contributed by atoms with Crippen LogP contribution in [-0.4, -0.2) is 31.5 Å². The highest BCUT2D eigenvalue weighted by Crippen LogP contribution is 2.14. The Bertz CT molecular complexity index is 587. The Kier molecular flexibility index (Phi) is 5.98. The summed E-state index contributed by atoms with van der Waals surface area (Å²) < 4.78 is 32.1. The lowest BCUT2D eigenvalue weighted by atomic mass is 10.2. The molecule has 0 saturated heterocycles. The fourth-order valence-corrected chi connectivity index (χ4v) is 3.00. The molecule has 0 aliphatic rings.